The van der Waals surface area contributed by atoms with Crippen molar-refractivity contribution in [1.29, 1.82) is 0 Å². The predicted molar refractivity (Wildman–Crippen MR) is 74.4 cm³/mol. The molecule has 1 N–H and O–H groups in total. The first-order valence-corrected chi connectivity index (χ1v) is 7.28. The van der Waals surface area contributed by atoms with Gasteiger partial charge in [0, 0.05) is 37.9 Å². The molecule has 1 fully saturated rings. The minimum Gasteiger partial charge on any atom is -0.349 e. The molecule has 22 heavy (non-hydrogen) atoms. The number of hydrogen-bond acceptors (Lipinski definition) is 4. The predicted octanol–water partition coefficient (Wildman–Crippen LogP) is 1.80. The molecule has 2 heterocycles. The van der Waals surface area contributed by atoms with Gasteiger partial charge in [-0.25, -0.2) is 9.97 Å². The highest BCUT2D eigenvalue weighted by atomic mass is 19.4. The van der Waals surface area contributed by atoms with Gasteiger partial charge in [0.05, 0.1) is 12.1 Å². The Labute approximate surface area is 126 Å². The zero-order valence-electron chi connectivity index (χ0n) is 12.4. The van der Waals surface area contributed by atoms with E-state index in [4.69, 9.17) is 0 Å². The van der Waals surface area contributed by atoms with Crippen molar-refractivity contribution in [3.05, 3.63) is 23.8 Å². The molecule has 0 aromatic carbocycles. The van der Waals surface area contributed by atoms with Gasteiger partial charge in [-0.05, 0) is 12.8 Å². The van der Waals surface area contributed by atoms with E-state index >= 15 is 0 Å². The first-order chi connectivity index (χ1) is 10.4. The third-order valence-electron chi connectivity index (χ3n) is 3.61. The molecule has 122 valence electrons. The summed E-state index contributed by atoms with van der Waals surface area (Å²) in [5, 5.41) is 2.83. The second-order valence-corrected chi connectivity index (χ2v) is 5.38. The van der Waals surface area contributed by atoms with Crippen LogP contribution in [-0.4, -0.2) is 52.6 Å². The van der Waals surface area contributed by atoms with Crippen LogP contribution in [0, 0.1) is 0 Å². The Balaban J connectivity index is 1.81. The number of alkyl halides is 3. The number of halogens is 3. The lowest BCUT2D eigenvalue weighted by Crippen LogP contribution is -2.47. The number of nitrogens with zero attached hydrogens (tertiary/aromatic N) is 3. The lowest BCUT2D eigenvalue weighted by atomic mass is 10.0. The van der Waals surface area contributed by atoms with Crippen molar-refractivity contribution in [1.82, 2.24) is 20.2 Å². The summed E-state index contributed by atoms with van der Waals surface area (Å²) in [6, 6.07) is -0.108. The maximum atomic E-state index is 12.3. The summed E-state index contributed by atoms with van der Waals surface area (Å²) in [5.74, 6) is 0.383. The van der Waals surface area contributed by atoms with E-state index in [1.54, 1.807) is 0 Å². The van der Waals surface area contributed by atoms with Crippen molar-refractivity contribution in [3.63, 3.8) is 0 Å². The molecule has 1 aromatic rings. The maximum Gasteiger partial charge on any atom is 0.401 e. The van der Waals surface area contributed by atoms with E-state index in [0.29, 0.717) is 43.7 Å². The summed E-state index contributed by atoms with van der Waals surface area (Å²) in [6.45, 7) is 1.69. The van der Waals surface area contributed by atoms with Gasteiger partial charge < -0.3 is 5.32 Å². The molecule has 5 nitrogen and oxygen atoms in total. The Morgan fingerprint density at radius 3 is 2.41 bits per heavy atom. The van der Waals surface area contributed by atoms with Crippen LogP contribution in [-0.2, 0) is 6.42 Å². The quantitative estimate of drug-likeness (QED) is 0.920. The topological polar surface area (TPSA) is 58.1 Å². The van der Waals surface area contributed by atoms with Gasteiger partial charge in [0.1, 0.15) is 5.82 Å². The Kier molecular flexibility index (Phi) is 5.33. The number of carbonyl (C=O) groups excluding carboxylic acids is 1. The fourth-order valence-electron chi connectivity index (χ4n) is 2.41. The van der Waals surface area contributed by atoms with Crippen LogP contribution in [0.1, 0.15) is 35.9 Å². The SMILES string of the molecule is CCc1ncc(C(=O)NC2CCN(CC(F)(F)F)CC2)cn1. The summed E-state index contributed by atoms with van der Waals surface area (Å²) in [6.07, 6.45) is 0.485. The first kappa shape index (κ1) is 16.7. The second kappa shape index (κ2) is 7.04. The van der Waals surface area contributed by atoms with Crippen molar-refractivity contribution in [2.45, 2.75) is 38.4 Å². The second-order valence-electron chi connectivity index (χ2n) is 5.38. The first-order valence-electron chi connectivity index (χ1n) is 7.28. The van der Waals surface area contributed by atoms with E-state index < -0.39 is 12.7 Å². The van der Waals surface area contributed by atoms with Crippen molar-refractivity contribution in [3.8, 4) is 0 Å². The standard InChI is InChI=1S/C14H19F3N4O/c1-2-12-18-7-10(8-19-12)13(22)20-11-3-5-21(6-4-11)9-14(15,16)17/h7-8,11H,2-6,9H2,1H3,(H,20,22). The Hall–Kier alpha value is -1.70. The van der Waals surface area contributed by atoms with Crippen molar-refractivity contribution in [2.75, 3.05) is 19.6 Å². The van der Waals surface area contributed by atoms with Gasteiger partial charge in [0.2, 0.25) is 0 Å². The van der Waals surface area contributed by atoms with E-state index in [-0.39, 0.29) is 11.9 Å². The molecule has 0 unspecified atom stereocenters. The van der Waals surface area contributed by atoms with Crippen molar-refractivity contribution in [2.24, 2.45) is 0 Å². The number of nitrogens with one attached hydrogen (secondary N) is 1. The van der Waals surface area contributed by atoms with Crippen molar-refractivity contribution < 1.29 is 18.0 Å². The number of aryl methyl sites for hydroxylation is 1. The highest BCUT2D eigenvalue weighted by Crippen LogP contribution is 2.19. The molecule has 0 atom stereocenters. The fraction of sp³-hybridized carbons (Fsp3) is 0.643. The summed E-state index contributed by atoms with van der Waals surface area (Å²) in [4.78, 5) is 21.5. The van der Waals surface area contributed by atoms with Gasteiger partial charge >= 0.3 is 6.18 Å². The molecule has 8 heteroatoms. The van der Waals surface area contributed by atoms with E-state index in [1.807, 2.05) is 6.92 Å². The summed E-state index contributed by atoms with van der Waals surface area (Å²) < 4.78 is 36.9. The van der Waals surface area contributed by atoms with Crippen molar-refractivity contribution >= 4 is 5.91 Å². The largest absolute Gasteiger partial charge is 0.401 e. The number of amides is 1. The van der Waals surface area contributed by atoms with Gasteiger partial charge in [-0.15, -0.1) is 0 Å². The zero-order chi connectivity index (χ0) is 16.2. The Morgan fingerprint density at radius 1 is 1.32 bits per heavy atom. The molecule has 0 bridgehead atoms. The van der Waals surface area contributed by atoms with Gasteiger partial charge in [-0.3, -0.25) is 9.69 Å². The molecule has 0 spiro atoms. The van der Waals surface area contributed by atoms with Gasteiger partial charge in [0.25, 0.3) is 5.91 Å². The number of piperidine rings is 1. The molecule has 0 aliphatic carbocycles. The fourth-order valence-corrected chi connectivity index (χ4v) is 2.41. The summed E-state index contributed by atoms with van der Waals surface area (Å²) in [5.41, 5.74) is 0.370. The molecule has 0 saturated carbocycles. The Bertz CT molecular complexity index is 496. The van der Waals surface area contributed by atoms with E-state index in [9.17, 15) is 18.0 Å². The lowest BCUT2D eigenvalue weighted by molar-refractivity contribution is -0.148. The average Bonchev–Trinajstić information content (AvgIpc) is 2.48. The van der Waals surface area contributed by atoms with Gasteiger partial charge in [0.15, 0.2) is 0 Å². The maximum absolute atomic E-state index is 12.3. The smallest absolute Gasteiger partial charge is 0.349 e. The van der Waals surface area contributed by atoms with E-state index in [1.165, 1.54) is 17.3 Å². The average molecular weight is 316 g/mol. The highest BCUT2D eigenvalue weighted by molar-refractivity contribution is 5.93. The Morgan fingerprint density at radius 2 is 1.91 bits per heavy atom. The summed E-state index contributed by atoms with van der Waals surface area (Å²) >= 11 is 0. The number of hydrogen-bond donors (Lipinski definition) is 1. The van der Waals surface area contributed by atoms with Crippen LogP contribution >= 0.6 is 0 Å². The normalized spacial score (nSPS) is 17.5. The molecule has 1 aliphatic heterocycles. The van der Waals surface area contributed by atoms with Crippen LogP contribution < -0.4 is 5.32 Å². The van der Waals surface area contributed by atoms with Crippen LogP contribution in [0.15, 0.2) is 12.4 Å². The molecular formula is C14H19F3N4O. The number of rotatable bonds is 4. The number of likely N-dealkylation sites (tertiary alicyclic amines) is 1. The van der Waals surface area contributed by atoms with Crippen LogP contribution in [0.25, 0.3) is 0 Å². The summed E-state index contributed by atoms with van der Waals surface area (Å²) in [7, 11) is 0. The monoisotopic (exact) mass is 316 g/mol. The molecule has 1 aromatic heterocycles. The van der Waals surface area contributed by atoms with Crippen LogP contribution in [0.3, 0.4) is 0 Å². The molecule has 2 rings (SSSR count). The molecule has 1 amide bonds. The minimum atomic E-state index is -4.17. The highest BCUT2D eigenvalue weighted by Gasteiger charge is 2.32. The van der Waals surface area contributed by atoms with Gasteiger partial charge in [-0.2, -0.15) is 13.2 Å². The molecule has 1 saturated heterocycles. The minimum absolute atomic E-state index is 0.108. The zero-order valence-corrected chi connectivity index (χ0v) is 12.4. The molecular weight excluding hydrogens is 297 g/mol. The van der Waals surface area contributed by atoms with E-state index in [2.05, 4.69) is 15.3 Å². The number of carbonyl (C=O) groups is 1. The van der Waals surface area contributed by atoms with E-state index in [0.717, 1.165) is 0 Å². The number of aromatic nitrogens is 2. The third-order valence-corrected chi connectivity index (χ3v) is 3.61. The molecule has 0 radical (unpaired) electrons. The van der Waals surface area contributed by atoms with Crippen LogP contribution in [0.2, 0.25) is 0 Å². The third kappa shape index (κ3) is 4.94. The van der Waals surface area contributed by atoms with Crippen LogP contribution in [0.4, 0.5) is 13.2 Å². The van der Waals surface area contributed by atoms with Gasteiger partial charge in [-0.1, -0.05) is 6.92 Å². The van der Waals surface area contributed by atoms with Crippen LogP contribution in [0.5, 0.6) is 0 Å². The molecule has 1 aliphatic rings. The lowest BCUT2D eigenvalue weighted by Gasteiger charge is -2.32.